The molecule has 0 unspecified atom stereocenters. The predicted octanol–water partition coefficient (Wildman–Crippen LogP) is 6.09. The summed E-state index contributed by atoms with van der Waals surface area (Å²) in [6.45, 7) is 13.7. The quantitative estimate of drug-likeness (QED) is 0.234. The van der Waals surface area contributed by atoms with E-state index in [1.807, 2.05) is 13.0 Å². The van der Waals surface area contributed by atoms with Crippen LogP contribution in [0.1, 0.15) is 61.3 Å². The number of ether oxygens (including phenoxy) is 2. The van der Waals surface area contributed by atoms with Crippen LogP contribution in [0.4, 0.5) is 15.4 Å². The van der Waals surface area contributed by atoms with Gasteiger partial charge in [0, 0.05) is 24.2 Å². The molecule has 1 fully saturated rings. The average Bonchev–Trinajstić information content (AvgIpc) is 3.26. The van der Waals surface area contributed by atoms with Gasteiger partial charge in [0.15, 0.2) is 5.65 Å². The number of halogens is 2. The zero-order chi connectivity index (χ0) is 30.9. The molecule has 14 heteroatoms. The largest absolute Gasteiger partial charge is 0.444 e. The molecule has 0 saturated carbocycles. The number of benzene rings is 1. The van der Waals surface area contributed by atoms with Gasteiger partial charge in [0.05, 0.1) is 16.2 Å². The third-order valence-corrected chi connectivity index (χ3v) is 7.11. The number of hydrogen-bond acceptors (Lipinski definition) is 8. The van der Waals surface area contributed by atoms with Crippen molar-refractivity contribution in [1.29, 1.82) is 0 Å². The molecule has 1 aliphatic rings. The van der Waals surface area contributed by atoms with Crippen molar-refractivity contribution >= 4 is 58.3 Å². The monoisotopic (exact) mass is 618 g/mol. The maximum Gasteiger partial charge on any atom is 0.437 e. The third kappa shape index (κ3) is 8.01. The second kappa shape index (κ2) is 11.9. The van der Waals surface area contributed by atoms with Crippen LogP contribution in [0.3, 0.4) is 0 Å². The van der Waals surface area contributed by atoms with Crippen LogP contribution in [-0.4, -0.2) is 68.1 Å². The van der Waals surface area contributed by atoms with E-state index in [0.717, 1.165) is 0 Å². The minimum absolute atomic E-state index is 0.0414. The Morgan fingerprint density at radius 1 is 1.07 bits per heavy atom. The molecular weight excluding hydrogens is 583 g/mol. The summed E-state index contributed by atoms with van der Waals surface area (Å²) in [6.07, 6.45) is 1.42. The van der Waals surface area contributed by atoms with Crippen molar-refractivity contribution in [3.8, 4) is 11.3 Å². The number of hydrogen-bond donors (Lipinski definition) is 3. The van der Waals surface area contributed by atoms with Gasteiger partial charge in [0.2, 0.25) is 5.96 Å². The summed E-state index contributed by atoms with van der Waals surface area (Å²) < 4.78 is 10.7. The van der Waals surface area contributed by atoms with Gasteiger partial charge in [-0.1, -0.05) is 35.3 Å². The molecule has 12 nitrogen and oxygen atoms in total. The van der Waals surface area contributed by atoms with Crippen LogP contribution >= 0.6 is 23.2 Å². The first-order valence-corrected chi connectivity index (χ1v) is 14.3. The lowest BCUT2D eigenvalue weighted by Gasteiger charge is -2.41. The lowest BCUT2D eigenvalue weighted by Crippen LogP contribution is -2.57. The number of anilines is 1. The van der Waals surface area contributed by atoms with Crippen molar-refractivity contribution in [3.05, 3.63) is 34.4 Å². The fraction of sp³-hybridized carbons (Fsp3) is 0.500. The number of rotatable bonds is 3. The van der Waals surface area contributed by atoms with E-state index in [9.17, 15) is 9.59 Å². The molecule has 0 aliphatic carbocycles. The summed E-state index contributed by atoms with van der Waals surface area (Å²) >= 11 is 12.6. The molecule has 226 valence electrons. The van der Waals surface area contributed by atoms with Gasteiger partial charge in [-0.15, -0.1) is 4.99 Å². The van der Waals surface area contributed by atoms with Gasteiger partial charge in [-0.3, -0.25) is 10.4 Å². The first-order valence-electron chi connectivity index (χ1n) is 13.5. The van der Waals surface area contributed by atoms with Crippen molar-refractivity contribution < 1.29 is 19.1 Å². The number of carbonyl (C=O) groups is 2. The van der Waals surface area contributed by atoms with Gasteiger partial charge < -0.3 is 19.7 Å². The fourth-order valence-electron chi connectivity index (χ4n) is 4.32. The summed E-state index contributed by atoms with van der Waals surface area (Å²) in [4.78, 5) is 40.4. The van der Waals surface area contributed by atoms with E-state index in [1.54, 1.807) is 59.9 Å². The number of alkyl carbamates (subject to hydrolysis) is 1. The highest BCUT2D eigenvalue weighted by Crippen LogP contribution is 2.35. The summed E-state index contributed by atoms with van der Waals surface area (Å²) in [5, 5.41) is 14.0. The molecule has 0 atom stereocenters. The zero-order valence-corrected chi connectivity index (χ0v) is 26.3. The lowest BCUT2D eigenvalue weighted by atomic mass is 9.89. The molecule has 1 aliphatic heterocycles. The molecule has 0 spiro atoms. The van der Waals surface area contributed by atoms with Crippen molar-refractivity contribution in [2.75, 3.05) is 18.0 Å². The van der Waals surface area contributed by atoms with Crippen LogP contribution < -0.4 is 15.5 Å². The van der Waals surface area contributed by atoms with Crippen LogP contribution in [-0.2, 0) is 9.47 Å². The summed E-state index contributed by atoms with van der Waals surface area (Å²) in [5.41, 5.74) is 0.372. The number of nitrogens with one attached hydrogen (secondary N) is 3. The highest BCUT2D eigenvalue weighted by molar-refractivity contribution is 6.43. The van der Waals surface area contributed by atoms with Crippen LogP contribution in [0, 0.1) is 0 Å². The first kappa shape index (κ1) is 31.3. The van der Waals surface area contributed by atoms with Crippen molar-refractivity contribution in [3.63, 3.8) is 0 Å². The Morgan fingerprint density at radius 2 is 1.74 bits per heavy atom. The molecule has 3 heterocycles. The van der Waals surface area contributed by atoms with Crippen LogP contribution in [0.2, 0.25) is 10.0 Å². The minimum atomic E-state index is -0.830. The number of amides is 2. The maximum atomic E-state index is 12.5. The standard InChI is InChI=1S/C28H36Cl2N8O4/c1-26(2,3)41-24(39)33-23(34-25(40)42-27(4,5)6)35-28(7)11-13-38(14-12-28)18-15-31-21-20(36-37-22(21)32-18)16-9-8-10-17(29)19(16)30/h8-10,15H,11-14H2,1-7H3,(H,32,36,37)(H2,33,34,35,39,40). The molecule has 2 aromatic heterocycles. The highest BCUT2D eigenvalue weighted by atomic mass is 35.5. The van der Waals surface area contributed by atoms with Gasteiger partial charge >= 0.3 is 12.2 Å². The topological polar surface area (TPSA) is 147 Å². The fourth-order valence-corrected chi connectivity index (χ4v) is 4.71. The number of guanidine groups is 1. The van der Waals surface area contributed by atoms with E-state index >= 15 is 0 Å². The van der Waals surface area contributed by atoms with Crippen molar-refractivity contribution in [2.24, 2.45) is 4.99 Å². The Morgan fingerprint density at radius 3 is 2.38 bits per heavy atom. The van der Waals surface area contributed by atoms with E-state index in [0.29, 0.717) is 64.2 Å². The summed E-state index contributed by atoms with van der Waals surface area (Å²) in [6, 6.07) is 5.35. The molecule has 3 N–H and O–H groups in total. The van der Waals surface area contributed by atoms with E-state index in [2.05, 4.69) is 35.7 Å². The van der Waals surface area contributed by atoms with Crippen LogP contribution in [0.5, 0.6) is 0 Å². The van der Waals surface area contributed by atoms with Crippen LogP contribution in [0.15, 0.2) is 29.4 Å². The molecular formula is C28H36Cl2N8O4. The Kier molecular flexibility index (Phi) is 8.89. The van der Waals surface area contributed by atoms with Gasteiger partial charge in [-0.2, -0.15) is 5.10 Å². The molecule has 0 radical (unpaired) electrons. The maximum absolute atomic E-state index is 12.5. The van der Waals surface area contributed by atoms with Gasteiger partial charge in [-0.25, -0.2) is 19.6 Å². The Bertz CT molecular complexity index is 1500. The minimum Gasteiger partial charge on any atom is -0.444 e. The van der Waals surface area contributed by atoms with E-state index < -0.39 is 28.9 Å². The number of aliphatic imine (C=N–C) groups is 1. The van der Waals surface area contributed by atoms with Gasteiger partial charge in [-0.05, 0) is 67.4 Å². The number of aromatic nitrogens is 4. The zero-order valence-electron chi connectivity index (χ0n) is 24.8. The normalized spacial score (nSPS) is 15.8. The molecule has 2 amide bonds. The Balaban J connectivity index is 1.47. The number of fused-ring (bicyclic) bond motifs is 1. The number of aromatic amines is 1. The second-order valence-corrected chi connectivity index (χ2v) is 13.1. The summed E-state index contributed by atoms with van der Waals surface area (Å²) in [7, 11) is 0. The van der Waals surface area contributed by atoms with Crippen LogP contribution in [0.25, 0.3) is 22.4 Å². The van der Waals surface area contributed by atoms with E-state index in [-0.39, 0.29) is 5.96 Å². The van der Waals surface area contributed by atoms with E-state index in [1.165, 1.54) is 0 Å². The number of H-pyrrole nitrogens is 1. The van der Waals surface area contributed by atoms with Crippen molar-refractivity contribution in [1.82, 2.24) is 30.8 Å². The predicted molar refractivity (Wildman–Crippen MR) is 163 cm³/mol. The summed E-state index contributed by atoms with van der Waals surface area (Å²) in [5.74, 6) is 0.645. The lowest BCUT2D eigenvalue weighted by molar-refractivity contribution is 0.0559. The van der Waals surface area contributed by atoms with E-state index in [4.69, 9.17) is 37.7 Å². The second-order valence-electron chi connectivity index (χ2n) is 12.3. The molecule has 1 saturated heterocycles. The molecule has 3 aromatic rings. The molecule has 0 bridgehead atoms. The molecule has 4 rings (SSSR count). The molecule has 1 aromatic carbocycles. The third-order valence-electron chi connectivity index (χ3n) is 6.29. The number of piperidine rings is 1. The Labute approximate surface area is 254 Å². The van der Waals surface area contributed by atoms with Gasteiger partial charge in [0.25, 0.3) is 0 Å². The highest BCUT2D eigenvalue weighted by Gasteiger charge is 2.33. The SMILES string of the molecule is CC1(N/C(=N\C(=O)OC(C)(C)C)NC(=O)OC(C)(C)C)CCN(c2cnc3c(-c4cccc(Cl)c4Cl)n[nH]c3n2)CC1. The Hall–Kier alpha value is -3.64. The van der Waals surface area contributed by atoms with Crippen molar-refractivity contribution in [2.45, 2.75) is 78.0 Å². The average molecular weight is 620 g/mol. The molecule has 42 heavy (non-hydrogen) atoms. The number of nitrogens with zero attached hydrogens (tertiary/aromatic N) is 5. The van der Waals surface area contributed by atoms with Gasteiger partial charge in [0.1, 0.15) is 28.2 Å². The smallest absolute Gasteiger partial charge is 0.437 e. The number of carbonyl (C=O) groups excluding carboxylic acids is 2. The first-order chi connectivity index (χ1) is 19.5.